The van der Waals surface area contributed by atoms with Crippen LogP contribution in [-0.2, 0) is 0 Å². The lowest BCUT2D eigenvalue weighted by Gasteiger charge is -2.26. The van der Waals surface area contributed by atoms with Crippen molar-refractivity contribution in [3.63, 3.8) is 0 Å². The van der Waals surface area contributed by atoms with Gasteiger partial charge in [-0.2, -0.15) is 0 Å². The van der Waals surface area contributed by atoms with Crippen molar-refractivity contribution in [1.29, 1.82) is 0 Å². The summed E-state index contributed by atoms with van der Waals surface area (Å²) in [6.45, 7) is 11.8. The average molecular weight is 184 g/mol. The predicted octanol–water partition coefficient (Wildman–Crippen LogP) is 4.89. The predicted molar refractivity (Wildman–Crippen MR) is 61.9 cm³/mol. The van der Waals surface area contributed by atoms with Crippen LogP contribution in [0.3, 0.4) is 0 Å². The summed E-state index contributed by atoms with van der Waals surface area (Å²) in [5.41, 5.74) is 0. The molecule has 13 heavy (non-hydrogen) atoms. The van der Waals surface area contributed by atoms with Crippen molar-refractivity contribution in [1.82, 2.24) is 0 Å². The summed E-state index contributed by atoms with van der Waals surface area (Å²) in [6, 6.07) is 0. The maximum atomic E-state index is 2.43. The highest BCUT2D eigenvalue weighted by molar-refractivity contribution is 4.68. The van der Waals surface area contributed by atoms with Gasteiger partial charge in [-0.1, -0.05) is 66.7 Å². The molecule has 0 saturated carbocycles. The third kappa shape index (κ3) is 5.33. The van der Waals surface area contributed by atoms with Crippen molar-refractivity contribution in [2.75, 3.05) is 0 Å². The molecule has 0 aromatic rings. The average Bonchev–Trinajstić information content (AvgIpc) is 2.05. The molecule has 0 bridgehead atoms. The first-order valence-electron chi connectivity index (χ1n) is 6.13. The van der Waals surface area contributed by atoms with Crippen molar-refractivity contribution in [3.05, 3.63) is 0 Å². The molecule has 2 unspecified atom stereocenters. The minimum absolute atomic E-state index is 0.863. The van der Waals surface area contributed by atoms with Crippen LogP contribution < -0.4 is 0 Å². The van der Waals surface area contributed by atoms with E-state index in [-0.39, 0.29) is 0 Å². The van der Waals surface area contributed by atoms with Crippen LogP contribution in [0.4, 0.5) is 0 Å². The van der Waals surface area contributed by atoms with Gasteiger partial charge in [0.2, 0.25) is 0 Å². The van der Waals surface area contributed by atoms with E-state index in [9.17, 15) is 0 Å². The molecule has 0 fully saturated rings. The van der Waals surface area contributed by atoms with Gasteiger partial charge in [0.05, 0.1) is 0 Å². The van der Waals surface area contributed by atoms with Crippen molar-refractivity contribution in [2.45, 2.75) is 66.7 Å². The highest BCUT2D eigenvalue weighted by Gasteiger charge is 2.17. The first kappa shape index (κ1) is 13.0. The van der Waals surface area contributed by atoms with E-state index in [0.29, 0.717) is 0 Å². The summed E-state index contributed by atoms with van der Waals surface area (Å²) in [5.74, 6) is 2.73. The largest absolute Gasteiger partial charge is 0.0654 e. The van der Waals surface area contributed by atoms with E-state index in [4.69, 9.17) is 0 Å². The minimum Gasteiger partial charge on any atom is -0.0654 e. The molecule has 0 saturated heterocycles. The molecule has 80 valence electrons. The van der Waals surface area contributed by atoms with Crippen LogP contribution in [0.2, 0.25) is 0 Å². The number of hydrogen-bond acceptors (Lipinski definition) is 0. The van der Waals surface area contributed by atoms with Gasteiger partial charge in [-0.3, -0.25) is 0 Å². The Kier molecular flexibility index (Phi) is 7.41. The Balaban J connectivity index is 3.70. The molecule has 0 aromatic carbocycles. The quantitative estimate of drug-likeness (QED) is 0.494. The van der Waals surface area contributed by atoms with Crippen LogP contribution in [0, 0.1) is 17.8 Å². The maximum absolute atomic E-state index is 2.43. The Morgan fingerprint density at radius 3 is 1.92 bits per heavy atom. The molecule has 0 aliphatic heterocycles. The highest BCUT2D eigenvalue weighted by Crippen LogP contribution is 2.27. The van der Waals surface area contributed by atoms with E-state index in [1.54, 1.807) is 0 Å². The second-order valence-electron chi connectivity index (χ2n) is 4.79. The first-order chi connectivity index (χ1) is 6.13. The SMILES string of the molecule is CCCCCC(C)C(CC)C(C)C. The molecule has 0 amide bonds. The van der Waals surface area contributed by atoms with Gasteiger partial charge in [0.1, 0.15) is 0 Å². The Morgan fingerprint density at radius 2 is 1.54 bits per heavy atom. The molecular weight excluding hydrogens is 156 g/mol. The monoisotopic (exact) mass is 184 g/mol. The summed E-state index contributed by atoms with van der Waals surface area (Å²) in [7, 11) is 0. The molecule has 2 atom stereocenters. The van der Waals surface area contributed by atoms with Gasteiger partial charge >= 0.3 is 0 Å². The fourth-order valence-electron chi connectivity index (χ4n) is 2.46. The zero-order valence-corrected chi connectivity index (χ0v) is 10.3. The third-order valence-electron chi connectivity index (χ3n) is 3.32. The topological polar surface area (TPSA) is 0 Å². The van der Waals surface area contributed by atoms with Crippen LogP contribution in [0.15, 0.2) is 0 Å². The molecular formula is C13H28. The van der Waals surface area contributed by atoms with Crippen LogP contribution >= 0.6 is 0 Å². The molecule has 0 aliphatic rings. The Hall–Kier alpha value is 0. The van der Waals surface area contributed by atoms with Crippen LogP contribution in [0.25, 0.3) is 0 Å². The molecule has 0 N–H and O–H groups in total. The lowest BCUT2D eigenvalue weighted by Crippen LogP contribution is -2.16. The maximum Gasteiger partial charge on any atom is -0.0368 e. The van der Waals surface area contributed by atoms with Gasteiger partial charge in [0, 0.05) is 0 Å². The second kappa shape index (κ2) is 7.41. The fraction of sp³-hybridized carbons (Fsp3) is 1.00. The second-order valence-corrected chi connectivity index (χ2v) is 4.79. The van der Waals surface area contributed by atoms with E-state index in [2.05, 4.69) is 34.6 Å². The highest BCUT2D eigenvalue weighted by atomic mass is 14.2. The van der Waals surface area contributed by atoms with Crippen LogP contribution in [0.5, 0.6) is 0 Å². The van der Waals surface area contributed by atoms with Gasteiger partial charge < -0.3 is 0 Å². The molecule has 0 aliphatic carbocycles. The van der Waals surface area contributed by atoms with Crippen molar-refractivity contribution in [3.8, 4) is 0 Å². The zero-order valence-electron chi connectivity index (χ0n) is 10.3. The van der Waals surface area contributed by atoms with E-state index in [1.165, 1.54) is 32.1 Å². The van der Waals surface area contributed by atoms with Gasteiger partial charge in [-0.25, -0.2) is 0 Å². The molecule has 0 aromatic heterocycles. The van der Waals surface area contributed by atoms with Gasteiger partial charge in [-0.05, 0) is 17.8 Å². The van der Waals surface area contributed by atoms with Gasteiger partial charge in [-0.15, -0.1) is 0 Å². The Morgan fingerprint density at radius 1 is 0.923 bits per heavy atom. The molecule has 0 radical (unpaired) electrons. The molecule has 0 rings (SSSR count). The minimum atomic E-state index is 0.863. The smallest absolute Gasteiger partial charge is 0.0368 e. The number of unbranched alkanes of at least 4 members (excludes halogenated alkanes) is 2. The van der Waals surface area contributed by atoms with Crippen molar-refractivity contribution >= 4 is 0 Å². The Bertz CT molecular complexity index is 105. The number of hydrogen-bond donors (Lipinski definition) is 0. The van der Waals surface area contributed by atoms with E-state index >= 15 is 0 Å². The third-order valence-corrected chi connectivity index (χ3v) is 3.32. The summed E-state index contributed by atoms with van der Waals surface area (Å²) in [6.07, 6.45) is 6.99. The van der Waals surface area contributed by atoms with E-state index in [1.807, 2.05) is 0 Å². The van der Waals surface area contributed by atoms with Gasteiger partial charge in [0.25, 0.3) is 0 Å². The van der Waals surface area contributed by atoms with Crippen LogP contribution in [0.1, 0.15) is 66.7 Å². The first-order valence-corrected chi connectivity index (χ1v) is 6.13. The summed E-state index contributed by atoms with van der Waals surface area (Å²) >= 11 is 0. The molecule has 0 spiro atoms. The Labute approximate surface area is 85.1 Å². The normalized spacial score (nSPS) is 16.2. The molecule has 0 nitrogen and oxygen atoms in total. The lowest BCUT2D eigenvalue weighted by molar-refractivity contribution is 0.245. The molecule has 0 heteroatoms. The van der Waals surface area contributed by atoms with Crippen molar-refractivity contribution in [2.24, 2.45) is 17.8 Å². The summed E-state index contributed by atoms with van der Waals surface area (Å²) in [4.78, 5) is 0. The standard InChI is InChI=1S/C13H28/c1-6-8-9-10-12(5)13(7-2)11(3)4/h11-13H,6-10H2,1-5H3. The fourth-order valence-corrected chi connectivity index (χ4v) is 2.46. The number of rotatable bonds is 7. The van der Waals surface area contributed by atoms with Gasteiger partial charge in [0.15, 0.2) is 0 Å². The zero-order chi connectivity index (χ0) is 10.3. The van der Waals surface area contributed by atoms with E-state index in [0.717, 1.165) is 17.8 Å². The van der Waals surface area contributed by atoms with Crippen molar-refractivity contribution < 1.29 is 0 Å². The lowest BCUT2D eigenvalue weighted by atomic mass is 9.80. The summed E-state index contributed by atoms with van der Waals surface area (Å²) in [5, 5.41) is 0. The molecule has 0 heterocycles. The summed E-state index contributed by atoms with van der Waals surface area (Å²) < 4.78 is 0. The van der Waals surface area contributed by atoms with E-state index < -0.39 is 0 Å². The van der Waals surface area contributed by atoms with Crippen LogP contribution in [-0.4, -0.2) is 0 Å².